The number of para-hydroxylation sites is 1. The Labute approximate surface area is 190 Å². The highest BCUT2D eigenvalue weighted by atomic mass is 16.2. The van der Waals surface area contributed by atoms with Gasteiger partial charge in [0.15, 0.2) is 0 Å². The molecule has 1 fully saturated rings. The molecule has 1 amide bonds. The summed E-state index contributed by atoms with van der Waals surface area (Å²) in [4.78, 5) is 18.5. The van der Waals surface area contributed by atoms with Crippen LogP contribution in [0.1, 0.15) is 29.7 Å². The van der Waals surface area contributed by atoms with Gasteiger partial charge in [-0.05, 0) is 36.1 Å². The van der Waals surface area contributed by atoms with E-state index in [9.17, 15) is 4.79 Å². The number of carbonyl (C=O) groups excluding carboxylic acids is 1. The first-order valence-corrected chi connectivity index (χ1v) is 11.6. The van der Waals surface area contributed by atoms with Crippen molar-refractivity contribution in [3.05, 3.63) is 102 Å². The number of anilines is 1. The van der Waals surface area contributed by atoms with E-state index in [1.807, 2.05) is 18.2 Å². The van der Waals surface area contributed by atoms with E-state index in [4.69, 9.17) is 0 Å². The zero-order valence-corrected chi connectivity index (χ0v) is 18.7. The molecule has 1 N–H and O–H groups in total. The van der Waals surface area contributed by atoms with Gasteiger partial charge in [0.05, 0.1) is 18.0 Å². The zero-order valence-electron chi connectivity index (χ0n) is 18.7. The van der Waals surface area contributed by atoms with Gasteiger partial charge < -0.3 is 10.2 Å². The fourth-order valence-electron chi connectivity index (χ4n) is 5.25. The van der Waals surface area contributed by atoms with Crippen LogP contribution in [-0.2, 0) is 17.8 Å². The van der Waals surface area contributed by atoms with Crippen molar-refractivity contribution in [2.75, 3.05) is 24.5 Å². The minimum Gasteiger partial charge on any atom is -0.365 e. The van der Waals surface area contributed by atoms with E-state index < -0.39 is 0 Å². The molecule has 0 radical (unpaired) electrons. The van der Waals surface area contributed by atoms with Crippen LogP contribution in [0.25, 0.3) is 0 Å². The summed E-state index contributed by atoms with van der Waals surface area (Å²) in [6.07, 6.45) is 0.795. The summed E-state index contributed by atoms with van der Waals surface area (Å²) in [6.45, 7) is 5.87. The lowest BCUT2D eigenvalue weighted by atomic mass is 9.83. The standard InChI is InChI=1S/C28H31N3O/c1-21(23-12-6-3-7-13-23)29-28(32)25-18-24-14-8-9-15-26(24)31-17-16-30(20-27(25)31)19-22-10-4-2-5-11-22/h2-15,21,25,27H,16-20H2,1H3,(H,29,32)/t21-,25+,27+/m0/s1. The second-order valence-electron chi connectivity index (χ2n) is 9.06. The van der Waals surface area contributed by atoms with Crippen molar-refractivity contribution in [1.82, 2.24) is 10.2 Å². The summed E-state index contributed by atoms with van der Waals surface area (Å²) in [7, 11) is 0. The number of fused-ring (bicyclic) bond motifs is 3. The maximum absolute atomic E-state index is 13.6. The van der Waals surface area contributed by atoms with Gasteiger partial charge in [-0.15, -0.1) is 0 Å². The molecule has 4 heteroatoms. The van der Waals surface area contributed by atoms with E-state index >= 15 is 0 Å². The van der Waals surface area contributed by atoms with Crippen LogP contribution in [0.5, 0.6) is 0 Å². The third kappa shape index (κ3) is 4.28. The van der Waals surface area contributed by atoms with Crippen molar-refractivity contribution in [2.24, 2.45) is 5.92 Å². The number of nitrogens with one attached hydrogen (secondary N) is 1. The fraction of sp³-hybridized carbons (Fsp3) is 0.321. The maximum Gasteiger partial charge on any atom is 0.226 e. The number of benzene rings is 3. The average molecular weight is 426 g/mol. The maximum atomic E-state index is 13.6. The fourth-order valence-corrected chi connectivity index (χ4v) is 5.25. The molecule has 0 aliphatic carbocycles. The second-order valence-corrected chi connectivity index (χ2v) is 9.06. The lowest BCUT2D eigenvalue weighted by Crippen LogP contribution is -2.61. The molecule has 0 unspecified atom stereocenters. The Kier molecular flexibility index (Phi) is 5.95. The molecule has 0 spiro atoms. The van der Waals surface area contributed by atoms with Crippen LogP contribution in [0.3, 0.4) is 0 Å². The molecule has 0 saturated carbocycles. The van der Waals surface area contributed by atoms with Crippen LogP contribution in [-0.4, -0.2) is 36.5 Å². The minimum absolute atomic E-state index is 0.00154. The van der Waals surface area contributed by atoms with E-state index in [0.717, 1.165) is 38.2 Å². The monoisotopic (exact) mass is 425 g/mol. The smallest absolute Gasteiger partial charge is 0.226 e. The van der Waals surface area contributed by atoms with E-state index in [0.29, 0.717) is 0 Å². The van der Waals surface area contributed by atoms with Crippen molar-refractivity contribution in [1.29, 1.82) is 0 Å². The van der Waals surface area contributed by atoms with E-state index in [2.05, 4.69) is 88.8 Å². The van der Waals surface area contributed by atoms with Crippen molar-refractivity contribution in [3.63, 3.8) is 0 Å². The van der Waals surface area contributed by atoms with Crippen LogP contribution >= 0.6 is 0 Å². The Morgan fingerprint density at radius 2 is 1.62 bits per heavy atom. The molecule has 164 valence electrons. The number of hydrogen-bond donors (Lipinski definition) is 1. The summed E-state index contributed by atoms with van der Waals surface area (Å²) in [5.74, 6) is 0.0991. The van der Waals surface area contributed by atoms with Gasteiger partial charge >= 0.3 is 0 Å². The SMILES string of the molecule is C[C@H](NC(=O)[C@@H]1Cc2ccccc2N2CCN(Cc3ccccc3)C[C@H]12)c1ccccc1. The van der Waals surface area contributed by atoms with Gasteiger partial charge in [-0.3, -0.25) is 9.69 Å². The molecule has 0 aromatic heterocycles. The molecular formula is C28H31N3O. The van der Waals surface area contributed by atoms with Gasteiger partial charge in [-0.25, -0.2) is 0 Å². The number of hydrogen-bond acceptors (Lipinski definition) is 3. The Balaban J connectivity index is 1.37. The Hall–Kier alpha value is -3.11. The van der Waals surface area contributed by atoms with Gasteiger partial charge in [-0.1, -0.05) is 78.9 Å². The van der Waals surface area contributed by atoms with Crippen molar-refractivity contribution < 1.29 is 4.79 Å². The predicted octanol–water partition coefficient (Wildman–Crippen LogP) is 4.43. The molecule has 3 aromatic carbocycles. The number of nitrogens with zero attached hydrogens (tertiary/aromatic N) is 2. The third-order valence-corrected chi connectivity index (χ3v) is 6.95. The average Bonchev–Trinajstić information content (AvgIpc) is 2.84. The summed E-state index contributed by atoms with van der Waals surface area (Å²) < 4.78 is 0. The molecular weight excluding hydrogens is 394 g/mol. The Morgan fingerprint density at radius 1 is 0.938 bits per heavy atom. The Bertz CT molecular complexity index is 1050. The first kappa shape index (κ1) is 20.8. The quantitative estimate of drug-likeness (QED) is 0.657. The third-order valence-electron chi connectivity index (χ3n) is 6.95. The van der Waals surface area contributed by atoms with Crippen molar-refractivity contribution in [3.8, 4) is 0 Å². The van der Waals surface area contributed by atoms with Gasteiger partial charge in [0.2, 0.25) is 5.91 Å². The molecule has 2 aliphatic heterocycles. The van der Waals surface area contributed by atoms with E-state index in [-0.39, 0.29) is 23.9 Å². The molecule has 32 heavy (non-hydrogen) atoms. The number of piperazine rings is 1. The van der Waals surface area contributed by atoms with Crippen LogP contribution < -0.4 is 10.2 Å². The van der Waals surface area contributed by atoms with Gasteiger partial charge in [0.25, 0.3) is 0 Å². The molecule has 1 saturated heterocycles. The summed E-state index contributed by atoms with van der Waals surface area (Å²) >= 11 is 0. The zero-order chi connectivity index (χ0) is 21.9. The van der Waals surface area contributed by atoms with Gasteiger partial charge in [-0.2, -0.15) is 0 Å². The lowest BCUT2D eigenvalue weighted by molar-refractivity contribution is -0.126. The molecule has 0 bridgehead atoms. The van der Waals surface area contributed by atoms with Crippen molar-refractivity contribution >= 4 is 11.6 Å². The molecule has 2 aliphatic rings. The number of carbonyl (C=O) groups is 1. The summed E-state index contributed by atoms with van der Waals surface area (Å²) in [6, 6.07) is 29.7. The molecule has 5 rings (SSSR count). The summed E-state index contributed by atoms with van der Waals surface area (Å²) in [5, 5.41) is 3.31. The highest BCUT2D eigenvalue weighted by molar-refractivity contribution is 5.82. The molecule has 2 heterocycles. The van der Waals surface area contributed by atoms with Crippen LogP contribution in [0, 0.1) is 5.92 Å². The topological polar surface area (TPSA) is 35.6 Å². The largest absolute Gasteiger partial charge is 0.365 e. The van der Waals surface area contributed by atoms with Crippen molar-refractivity contribution in [2.45, 2.75) is 32.0 Å². The molecule has 4 nitrogen and oxygen atoms in total. The molecule has 3 aromatic rings. The second kappa shape index (κ2) is 9.17. The van der Waals surface area contributed by atoms with Gasteiger partial charge in [0.1, 0.15) is 0 Å². The predicted molar refractivity (Wildman–Crippen MR) is 129 cm³/mol. The number of amides is 1. The van der Waals surface area contributed by atoms with E-state index in [1.165, 1.54) is 16.8 Å². The van der Waals surface area contributed by atoms with Crippen LogP contribution in [0.4, 0.5) is 5.69 Å². The Morgan fingerprint density at radius 3 is 2.41 bits per heavy atom. The van der Waals surface area contributed by atoms with Crippen LogP contribution in [0.15, 0.2) is 84.9 Å². The normalized spacial score (nSPS) is 21.3. The van der Waals surface area contributed by atoms with E-state index in [1.54, 1.807) is 0 Å². The first-order chi connectivity index (χ1) is 15.7. The van der Waals surface area contributed by atoms with Crippen LogP contribution in [0.2, 0.25) is 0 Å². The molecule has 3 atom stereocenters. The van der Waals surface area contributed by atoms with Gasteiger partial charge in [0, 0.05) is 31.9 Å². The highest BCUT2D eigenvalue weighted by Gasteiger charge is 2.41. The minimum atomic E-state index is -0.0605. The summed E-state index contributed by atoms with van der Waals surface area (Å²) in [5.41, 5.74) is 5.06. The highest BCUT2D eigenvalue weighted by Crippen LogP contribution is 2.36. The number of rotatable bonds is 5. The lowest BCUT2D eigenvalue weighted by Gasteiger charge is -2.49. The first-order valence-electron chi connectivity index (χ1n) is 11.6.